The number of nitrogens with one attached hydrogen (secondary N) is 1. The van der Waals surface area contributed by atoms with Gasteiger partial charge >= 0.3 is 5.69 Å². The Balaban J connectivity index is 2.24. The number of rotatable bonds is 3. The second kappa shape index (κ2) is 5.70. The van der Waals surface area contributed by atoms with Gasteiger partial charge in [0.05, 0.1) is 9.40 Å². The summed E-state index contributed by atoms with van der Waals surface area (Å²) in [4.78, 5) is 16.7. The van der Waals surface area contributed by atoms with Gasteiger partial charge in [-0.25, -0.2) is 4.98 Å². The van der Waals surface area contributed by atoms with Crippen LogP contribution >= 0.6 is 15.9 Å². The molecule has 0 saturated carbocycles. The van der Waals surface area contributed by atoms with Crippen LogP contribution in [-0.4, -0.2) is 41.0 Å². The normalized spacial score (nSPS) is 17.4. The van der Waals surface area contributed by atoms with Gasteiger partial charge in [-0.2, -0.15) is 0 Å². The molecule has 0 bridgehead atoms. The maximum absolute atomic E-state index is 11.1. The minimum absolute atomic E-state index is 0.0661. The second-order valence-electron chi connectivity index (χ2n) is 4.69. The van der Waals surface area contributed by atoms with E-state index in [0.29, 0.717) is 10.2 Å². The first-order valence-corrected chi connectivity index (χ1v) is 6.81. The molecule has 1 aromatic heterocycles. The number of nitrogens with two attached hydrogens (primary N) is 1. The zero-order valence-electron chi connectivity index (χ0n) is 10.6. The van der Waals surface area contributed by atoms with E-state index in [1.807, 2.05) is 0 Å². The van der Waals surface area contributed by atoms with Crippen molar-refractivity contribution in [2.45, 2.75) is 18.9 Å². The number of halogens is 1. The monoisotopic (exact) mass is 329 g/mol. The van der Waals surface area contributed by atoms with Crippen LogP contribution in [-0.2, 0) is 0 Å². The van der Waals surface area contributed by atoms with E-state index in [4.69, 9.17) is 5.73 Å². The molecule has 7 nitrogen and oxygen atoms in total. The van der Waals surface area contributed by atoms with Crippen LogP contribution < -0.4 is 11.1 Å². The smallest absolute Gasteiger partial charge is 0.335 e. The Hall–Kier alpha value is -1.41. The lowest BCUT2D eigenvalue weighted by atomic mass is 10.1. The number of anilines is 2. The van der Waals surface area contributed by atoms with Gasteiger partial charge in [0.25, 0.3) is 0 Å². The minimum Gasteiger partial charge on any atom is -0.378 e. The zero-order chi connectivity index (χ0) is 14.0. The number of hydrogen-bond donors (Lipinski definition) is 2. The number of piperidine rings is 1. The molecule has 1 fully saturated rings. The van der Waals surface area contributed by atoms with E-state index < -0.39 is 4.92 Å². The first kappa shape index (κ1) is 14.0. The lowest BCUT2D eigenvalue weighted by Crippen LogP contribution is -2.36. The van der Waals surface area contributed by atoms with E-state index >= 15 is 0 Å². The van der Waals surface area contributed by atoms with Crippen molar-refractivity contribution in [1.29, 1.82) is 0 Å². The fourth-order valence-corrected chi connectivity index (χ4v) is 2.58. The molecule has 1 aliphatic heterocycles. The van der Waals surface area contributed by atoms with Gasteiger partial charge in [-0.3, -0.25) is 10.1 Å². The molecule has 3 N–H and O–H groups in total. The highest BCUT2D eigenvalue weighted by Crippen LogP contribution is 2.36. The van der Waals surface area contributed by atoms with E-state index in [-0.39, 0.29) is 17.5 Å². The quantitative estimate of drug-likeness (QED) is 0.648. The molecule has 0 aliphatic carbocycles. The number of nitrogens with zero attached hydrogens (tertiary/aromatic N) is 3. The van der Waals surface area contributed by atoms with Crippen LogP contribution in [0.2, 0.25) is 0 Å². The number of hydrogen-bond acceptors (Lipinski definition) is 6. The third kappa shape index (κ3) is 3.13. The highest BCUT2D eigenvalue weighted by atomic mass is 79.9. The van der Waals surface area contributed by atoms with Crippen LogP contribution in [0.4, 0.5) is 17.2 Å². The van der Waals surface area contributed by atoms with E-state index in [2.05, 4.69) is 38.2 Å². The molecule has 0 radical (unpaired) electrons. The Kier molecular flexibility index (Phi) is 4.20. The first-order chi connectivity index (χ1) is 8.99. The van der Waals surface area contributed by atoms with E-state index in [0.717, 1.165) is 25.9 Å². The summed E-state index contributed by atoms with van der Waals surface area (Å²) < 4.78 is 0.562. The van der Waals surface area contributed by atoms with Crippen LogP contribution in [0.5, 0.6) is 0 Å². The summed E-state index contributed by atoms with van der Waals surface area (Å²) in [6.07, 6.45) is 3.38. The second-order valence-corrected chi connectivity index (χ2v) is 5.55. The van der Waals surface area contributed by atoms with Crippen molar-refractivity contribution in [2.24, 2.45) is 0 Å². The molecule has 2 rings (SSSR count). The molecule has 0 aromatic carbocycles. The van der Waals surface area contributed by atoms with Gasteiger partial charge in [0.15, 0.2) is 0 Å². The average Bonchev–Trinajstić information content (AvgIpc) is 2.36. The summed E-state index contributed by atoms with van der Waals surface area (Å²) in [6.45, 7) is 1.95. The molecule has 0 spiro atoms. The van der Waals surface area contributed by atoms with E-state index in [1.54, 1.807) is 0 Å². The van der Waals surface area contributed by atoms with Gasteiger partial charge in [0.2, 0.25) is 5.82 Å². The average molecular weight is 330 g/mol. The summed E-state index contributed by atoms with van der Waals surface area (Å²) >= 11 is 3.29. The van der Waals surface area contributed by atoms with Gasteiger partial charge in [-0.15, -0.1) is 0 Å². The molecule has 1 aromatic rings. The Bertz CT molecular complexity index is 488. The van der Waals surface area contributed by atoms with Gasteiger partial charge in [0.1, 0.15) is 5.69 Å². The van der Waals surface area contributed by atoms with Crippen molar-refractivity contribution >= 4 is 33.1 Å². The van der Waals surface area contributed by atoms with Gasteiger partial charge in [-0.05, 0) is 48.9 Å². The van der Waals surface area contributed by atoms with Gasteiger partial charge < -0.3 is 16.0 Å². The fourth-order valence-electron chi connectivity index (χ4n) is 2.17. The van der Waals surface area contributed by atoms with Crippen LogP contribution in [0.15, 0.2) is 10.7 Å². The number of nitrogen functional groups attached to an aromatic ring is 1. The Morgan fingerprint density at radius 3 is 2.79 bits per heavy atom. The van der Waals surface area contributed by atoms with Crippen LogP contribution in [0.3, 0.4) is 0 Å². The van der Waals surface area contributed by atoms with Gasteiger partial charge in [-0.1, -0.05) is 0 Å². The van der Waals surface area contributed by atoms with Crippen molar-refractivity contribution in [3.8, 4) is 0 Å². The lowest BCUT2D eigenvalue weighted by molar-refractivity contribution is -0.383. The van der Waals surface area contributed by atoms with Crippen LogP contribution in [0.1, 0.15) is 12.8 Å². The predicted octanol–water partition coefficient (Wildman–Crippen LogP) is 1.84. The Morgan fingerprint density at radius 1 is 1.58 bits per heavy atom. The summed E-state index contributed by atoms with van der Waals surface area (Å²) in [5.74, 6) is -0.0661. The molecule has 0 amide bonds. The third-order valence-corrected chi connectivity index (χ3v) is 3.89. The molecular formula is C11H16BrN5O2. The molecule has 104 valence electrons. The highest BCUT2D eigenvalue weighted by Gasteiger charge is 2.25. The molecule has 2 heterocycles. The third-order valence-electron chi connectivity index (χ3n) is 3.28. The fraction of sp³-hybridized carbons (Fsp3) is 0.545. The number of pyridine rings is 1. The first-order valence-electron chi connectivity index (χ1n) is 6.02. The summed E-state index contributed by atoms with van der Waals surface area (Å²) in [5, 5.41) is 14.3. The number of likely N-dealkylation sites (tertiary alicyclic amines) is 1. The van der Waals surface area contributed by atoms with Crippen LogP contribution in [0, 0.1) is 10.1 Å². The predicted molar refractivity (Wildman–Crippen MR) is 77.1 cm³/mol. The Morgan fingerprint density at radius 2 is 2.21 bits per heavy atom. The molecule has 1 saturated heterocycles. The standard InChI is InChI=1S/C11H16BrN5O2/c1-16-4-2-7(3-5-16)15-9-8(12)6-14-11(13)10(9)17(18)19/h6-7H,2-5H2,1H3,(H3,13,14,15). The summed E-state index contributed by atoms with van der Waals surface area (Å²) in [6, 6.07) is 0.216. The SMILES string of the molecule is CN1CCC(Nc2c(Br)cnc(N)c2[N+](=O)[O-])CC1. The maximum atomic E-state index is 11.1. The number of aromatic nitrogens is 1. The van der Waals surface area contributed by atoms with Crippen LogP contribution in [0.25, 0.3) is 0 Å². The van der Waals surface area contributed by atoms with Crippen molar-refractivity contribution < 1.29 is 4.92 Å². The topological polar surface area (TPSA) is 97.3 Å². The molecule has 8 heteroatoms. The minimum atomic E-state index is -0.496. The molecular weight excluding hydrogens is 314 g/mol. The summed E-state index contributed by atoms with van der Waals surface area (Å²) in [5.41, 5.74) is 5.86. The summed E-state index contributed by atoms with van der Waals surface area (Å²) in [7, 11) is 2.07. The molecule has 0 unspecified atom stereocenters. The van der Waals surface area contributed by atoms with Crippen molar-refractivity contribution in [3.63, 3.8) is 0 Å². The maximum Gasteiger partial charge on any atom is 0.335 e. The largest absolute Gasteiger partial charge is 0.378 e. The van der Waals surface area contributed by atoms with Gasteiger partial charge in [0, 0.05) is 12.2 Å². The lowest BCUT2D eigenvalue weighted by Gasteiger charge is -2.30. The molecule has 0 atom stereocenters. The van der Waals surface area contributed by atoms with Crippen molar-refractivity contribution in [3.05, 3.63) is 20.8 Å². The Labute approximate surface area is 119 Å². The zero-order valence-corrected chi connectivity index (χ0v) is 12.2. The van der Waals surface area contributed by atoms with E-state index in [1.165, 1.54) is 6.20 Å². The molecule has 1 aliphatic rings. The number of nitro groups is 1. The highest BCUT2D eigenvalue weighted by molar-refractivity contribution is 9.10. The van der Waals surface area contributed by atoms with Crippen molar-refractivity contribution in [2.75, 3.05) is 31.2 Å². The molecule has 19 heavy (non-hydrogen) atoms. The van der Waals surface area contributed by atoms with E-state index in [9.17, 15) is 10.1 Å². The van der Waals surface area contributed by atoms with Crippen molar-refractivity contribution in [1.82, 2.24) is 9.88 Å².